The molecular weight excluding hydrogens is 428 g/mol. The highest BCUT2D eigenvalue weighted by Gasteiger charge is 2.42. The molecule has 1 aliphatic carbocycles. The number of fused-ring (bicyclic) bond motifs is 1. The molecule has 170 valence electrons. The van der Waals surface area contributed by atoms with Crippen LogP contribution in [0.4, 0.5) is 0 Å². The Bertz CT molecular complexity index is 1200. The van der Waals surface area contributed by atoms with E-state index in [-0.39, 0.29) is 10.8 Å². The Morgan fingerprint density at radius 1 is 1.19 bits per heavy atom. The fraction of sp³-hybridized carbons (Fsp3) is 0.455. The van der Waals surface area contributed by atoms with E-state index in [4.69, 9.17) is 0 Å². The normalized spacial score (nSPS) is 16.2. The molecule has 1 fully saturated rings. The van der Waals surface area contributed by atoms with Gasteiger partial charge in [-0.2, -0.15) is 14.8 Å². The number of amides is 1. The number of nitrogens with one attached hydrogen (secondary N) is 2. The average molecular weight is 457 g/mol. The molecule has 0 radical (unpaired) electrons. The molecule has 0 atom stereocenters. The lowest BCUT2D eigenvalue weighted by Crippen LogP contribution is -2.59. The van der Waals surface area contributed by atoms with Crippen LogP contribution in [0.1, 0.15) is 49.7 Å². The lowest BCUT2D eigenvalue weighted by atomic mass is 9.82. The largest absolute Gasteiger partial charge is 0.354 e. The summed E-state index contributed by atoms with van der Waals surface area (Å²) in [5, 5.41) is 7.04. The lowest BCUT2D eigenvalue weighted by molar-refractivity contribution is -0.128. The molecule has 0 aliphatic heterocycles. The number of carbonyl (C=O) groups is 1. The molecule has 10 heteroatoms. The van der Waals surface area contributed by atoms with E-state index in [0.717, 1.165) is 30.4 Å². The summed E-state index contributed by atoms with van der Waals surface area (Å²) in [7, 11) is -3.81. The number of aromatic nitrogens is 4. The molecule has 0 unspecified atom stereocenters. The van der Waals surface area contributed by atoms with Crippen molar-refractivity contribution in [2.45, 2.75) is 62.3 Å². The summed E-state index contributed by atoms with van der Waals surface area (Å²) in [5.41, 5.74) is 0.737. The van der Waals surface area contributed by atoms with Crippen LogP contribution in [-0.4, -0.2) is 46.0 Å². The van der Waals surface area contributed by atoms with Crippen LogP contribution in [0, 0.1) is 6.92 Å². The Hall–Kier alpha value is -2.85. The molecule has 1 aliphatic rings. The van der Waals surface area contributed by atoms with Gasteiger partial charge in [-0.15, -0.1) is 0 Å². The molecule has 0 bridgehead atoms. The van der Waals surface area contributed by atoms with Crippen molar-refractivity contribution in [3.8, 4) is 0 Å². The Kier molecular flexibility index (Phi) is 6.52. The van der Waals surface area contributed by atoms with E-state index in [1.807, 2.05) is 19.2 Å². The van der Waals surface area contributed by atoms with Gasteiger partial charge in [0.05, 0.1) is 4.90 Å². The minimum atomic E-state index is -3.81. The van der Waals surface area contributed by atoms with Crippen LogP contribution in [0.2, 0.25) is 0 Å². The zero-order chi connectivity index (χ0) is 22.6. The van der Waals surface area contributed by atoms with Gasteiger partial charge in [0.25, 0.3) is 5.78 Å². The predicted octanol–water partition coefficient (Wildman–Crippen LogP) is 2.16. The second-order valence-corrected chi connectivity index (χ2v) is 10.1. The molecule has 2 heterocycles. The molecule has 1 amide bonds. The third-order valence-corrected chi connectivity index (χ3v) is 7.42. The van der Waals surface area contributed by atoms with E-state index in [9.17, 15) is 13.2 Å². The van der Waals surface area contributed by atoms with Gasteiger partial charge in [0.1, 0.15) is 11.9 Å². The van der Waals surface area contributed by atoms with Crippen LogP contribution in [0.15, 0.2) is 47.9 Å². The molecule has 0 spiro atoms. The molecule has 2 N–H and O–H groups in total. The van der Waals surface area contributed by atoms with E-state index in [2.05, 4.69) is 25.1 Å². The van der Waals surface area contributed by atoms with Crippen molar-refractivity contribution < 1.29 is 13.2 Å². The quantitative estimate of drug-likeness (QED) is 0.502. The summed E-state index contributed by atoms with van der Waals surface area (Å²) in [5.74, 6) is 0.292. The van der Waals surface area contributed by atoms with Crippen LogP contribution in [0.25, 0.3) is 5.78 Å². The maximum absolute atomic E-state index is 13.2. The molecular formula is C22H28N6O3S. The lowest BCUT2D eigenvalue weighted by Gasteiger charge is -2.36. The fourth-order valence-electron chi connectivity index (χ4n) is 4.18. The Labute approximate surface area is 187 Å². The molecule has 1 aromatic carbocycles. The highest BCUT2D eigenvalue weighted by Crippen LogP contribution is 2.30. The van der Waals surface area contributed by atoms with Gasteiger partial charge in [0, 0.05) is 18.9 Å². The van der Waals surface area contributed by atoms with Crippen molar-refractivity contribution >= 4 is 21.7 Å². The zero-order valence-electron chi connectivity index (χ0n) is 18.1. The van der Waals surface area contributed by atoms with Crippen molar-refractivity contribution in [2.75, 3.05) is 6.54 Å². The first-order chi connectivity index (χ1) is 15.4. The van der Waals surface area contributed by atoms with Crippen LogP contribution in [0.3, 0.4) is 0 Å². The van der Waals surface area contributed by atoms with Crippen molar-refractivity contribution in [3.05, 3.63) is 54.1 Å². The zero-order valence-corrected chi connectivity index (χ0v) is 18.9. The number of carbonyl (C=O) groups excluding carboxylic acids is 1. The molecule has 4 rings (SSSR count). The number of benzene rings is 1. The molecule has 9 nitrogen and oxygen atoms in total. The van der Waals surface area contributed by atoms with E-state index < -0.39 is 15.6 Å². The molecule has 1 saturated carbocycles. The van der Waals surface area contributed by atoms with Gasteiger partial charge in [-0.1, -0.05) is 31.4 Å². The molecule has 2 aromatic heterocycles. The van der Waals surface area contributed by atoms with E-state index in [0.29, 0.717) is 38.0 Å². The van der Waals surface area contributed by atoms with Gasteiger partial charge in [-0.3, -0.25) is 4.79 Å². The highest BCUT2D eigenvalue weighted by molar-refractivity contribution is 7.89. The van der Waals surface area contributed by atoms with Gasteiger partial charge >= 0.3 is 0 Å². The number of nitrogens with zero attached hydrogens (tertiary/aromatic N) is 4. The Morgan fingerprint density at radius 2 is 2.00 bits per heavy atom. The van der Waals surface area contributed by atoms with Gasteiger partial charge in [-0.25, -0.2) is 17.9 Å². The number of aryl methyl sites for hydroxylation is 2. The fourth-order valence-corrected chi connectivity index (χ4v) is 5.71. The smallest absolute Gasteiger partial charge is 0.252 e. The summed E-state index contributed by atoms with van der Waals surface area (Å²) in [6.07, 6.45) is 10.1. The summed E-state index contributed by atoms with van der Waals surface area (Å²) in [6, 6.07) is 6.74. The highest BCUT2D eigenvalue weighted by atomic mass is 32.2. The summed E-state index contributed by atoms with van der Waals surface area (Å²) >= 11 is 0. The van der Waals surface area contributed by atoms with E-state index in [1.165, 1.54) is 6.33 Å². The monoisotopic (exact) mass is 456 g/mol. The van der Waals surface area contributed by atoms with Crippen molar-refractivity contribution in [1.82, 2.24) is 29.6 Å². The second-order valence-electron chi connectivity index (χ2n) is 8.39. The number of hydrogen-bond donors (Lipinski definition) is 2. The van der Waals surface area contributed by atoms with E-state index in [1.54, 1.807) is 28.9 Å². The van der Waals surface area contributed by atoms with Crippen molar-refractivity contribution in [2.24, 2.45) is 0 Å². The van der Waals surface area contributed by atoms with Crippen molar-refractivity contribution in [3.63, 3.8) is 0 Å². The van der Waals surface area contributed by atoms with Crippen LogP contribution in [0.5, 0.6) is 0 Å². The molecule has 0 saturated heterocycles. The van der Waals surface area contributed by atoms with E-state index >= 15 is 0 Å². The van der Waals surface area contributed by atoms with Crippen LogP contribution >= 0.6 is 0 Å². The maximum Gasteiger partial charge on any atom is 0.252 e. The molecule has 3 aromatic rings. The van der Waals surface area contributed by atoms with Crippen LogP contribution in [-0.2, 0) is 21.2 Å². The Morgan fingerprint density at radius 3 is 2.78 bits per heavy atom. The Balaban J connectivity index is 1.40. The number of sulfonamides is 1. The minimum absolute atomic E-state index is 0.186. The minimum Gasteiger partial charge on any atom is -0.354 e. The topological polar surface area (TPSA) is 118 Å². The SMILES string of the molecule is Cc1cccc(S(=O)(=O)NC2(C(=O)NCCCc3cnc4ncnn4c3)CCCCC2)c1. The third kappa shape index (κ3) is 4.97. The number of hydrogen-bond acceptors (Lipinski definition) is 6. The first-order valence-corrected chi connectivity index (χ1v) is 12.4. The average Bonchev–Trinajstić information content (AvgIpc) is 3.25. The van der Waals surface area contributed by atoms with Crippen molar-refractivity contribution in [1.29, 1.82) is 0 Å². The third-order valence-electron chi connectivity index (χ3n) is 5.89. The summed E-state index contributed by atoms with van der Waals surface area (Å²) < 4.78 is 30.5. The second kappa shape index (κ2) is 9.33. The van der Waals surface area contributed by atoms with Gasteiger partial charge < -0.3 is 5.32 Å². The summed E-state index contributed by atoms with van der Waals surface area (Å²) in [4.78, 5) is 21.6. The predicted molar refractivity (Wildman–Crippen MR) is 119 cm³/mol. The summed E-state index contributed by atoms with van der Waals surface area (Å²) in [6.45, 7) is 2.29. The van der Waals surface area contributed by atoms with Crippen LogP contribution < -0.4 is 10.0 Å². The molecule has 32 heavy (non-hydrogen) atoms. The maximum atomic E-state index is 13.2. The first kappa shape index (κ1) is 22.3. The standard InChI is InChI=1S/C22H28N6O3S/c1-17-7-5-9-19(13-17)32(30,31)27-22(10-3-2-4-11-22)20(29)23-12-6-8-18-14-24-21-25-16-26-28(21)15-18/h5,7,9,13-16,27H,2-4,6,8,10-12H2,1H3,(H,23,29). The van der Waals surface area contributed by atoms with Gasteiger partial charge in [0.2, 0.25) is 15.9 Å². The first-order valence-electron chi connectivity index (χ1n) is 10.9. The van der Waals surface area contributed by atoms with Gasteiger partial charge in [-0.05, 0) is 55.9 Å². The number of rotatable bonds is 8. The van der Waals surface area contributed by atoms with Gasteiger partial charge in [0.15, 0.2) is 0 Å².